The van der Waals surface area contributed by atoms with Crippen molar-refractivity contribution in [2.45, 2.75) is 45.1 Å². The van der Waals surface area contributed by atoms with E-state index in [4.69, 9.17) is 0 Å². The van der Waals surface area contributed by atoms with Gasteiger partial charge in [0.05, 0.1) is 0 Å². The minimum absolute atomic E-state index is 0.122. The highest BCUT2D eigenvalue weighted by Crippen LogP contribution is 2.17. The molecule has 0 aliphatic heterocycles. The van der Waals surface area contributed by atoms with Crippen LogP contribution >= 0.6 is 0 Å². The van der Waals surface area contributed by atoms with Gasteiger partial charge in [-0.1, -0.05) is 19.3 Å². The molecule has 98 valence electrons. The fraction of sp³-hybridized carbons (Fsp3) is 0.833. The Bertz CT molecular complexity index is 262. The smallest absolute Gasteiger partial charge is 0.318 e. The van der Waals surface area contributed by atoms with E-state index in [9.17, 15) is 9.59 Å². The molecule has 0 aromatic rings. The summed E-state index contributed by atoms with van der Waals surface area (Å²) >= 11 is 0. The van der Waals surface area contributed by atoms with E-state index in [2.05, 4.69) is 10.6 Å². The van der Waals surface area contributed by atoms with Crippen molar-refractivity contribution < 1.29 is 9.59 Å². The van der Waals surface area contributed by atoms with Crippen molar-refractivity contribution in [3.63, 3.8) is 0 Å². The number of nitrogens with one attached hydrogen (secondary N) is 2. The van der Waals surface area contributed by atoms with Crippen LogP contribution in [0.4, 0.5) is 4.79 Å². The Kier molecular flexibility index (Phi) is 5.80. The van der Waals surface area contributed by atoms with Gasteiger partial charge in [0.15, 0.2) is 0 Å². The number of rotatable bonds is 4. The first-order valence-electron chi connectivity index (χ1n) is 6.43. The zero-order valence-electron chi connectivity index (χ0n) is 10.8. The third-order valence-electron chi connectivity index (χ3n) is 3.22. The van der Waals surface area contributed by atoms with Gasteiger partial charge >= 0.3 is 6.03 Å². The molecule has 1 aliphatic rings. The topological polar surface area (TPSA) is 61.4 Å². The molecule has 0 aromatic heterocycles. The van der Waals surface area contributed by atoms with Crippen LogP contribution in [0, 0.1) is 0 Å². The Balaban J connectivity index is 2.39. The summed E-state index contributed by atoms with van der Waals surface area (Å²) in [5.74, 6) is -0.134. The van der Waals surface area contributed by atoms with Crippen LogP contribution in [0.5, 0.6) is 0 Å². The normalized spacial score (nSPS) is 16.4. The number of urea groups is 1. The van der Waals surface area contributed by atoms with E-state index >= 15 is 0 Å². The quantitative estimate of drug-likeness (QED) is 0.774. The van der Waals surface area contributed by atoms with Crippen LogP contribution in [-0.4, -0.2) is 43.0 Å². The van der Waals surface area contributed by atoms with Crippen molar-refractivity contribution in [3.05, 3.63) is 0 Å². The summed E-state index contributed by atoms with van der Waals surface area (Å²) in [4.78, 5) is 24.7. The zero-order chi connectivity index (χ0) is 12.7. The lowest BCUT2D eigenvalue weighted by molar-refractivity contribution is -0.121. The zero-order valence-corrected chi connectivity index (χ0v) is 10.8. The number of hydrogen-bond acceptors (Lipinski definition) is 2. The van der Waals surface area contributed by atoms with Crippen LogP contribution in [0.25, 0.3) is 0 Å². The first kappa shape index (κ1) is 13.8. The molecule has 1 fully saturated rings. The molecule has 1 rings (SSSR count). The average molecular weight is 241 g/mol. The van der Waals surface area contributed by atoms with E-state index in [-0.39, 0.29) is 24.5 Å². The van der Waals surface area contributed by atoms with E-state index in [0.29, 0.717) is 6.54 Å². The number of carbonyl (C=O) groups is 2. The Morgan fingerprint density at radius 3 is 2.41 bits per heavy atom. The van der Waals surface area contributed by atoms with Gasteiger partial charge in [0.1, 0.15) is 6.54 Å². The van der Waals surface area contributed by atoms with Crippen molar-refractivity contribution in [2.24, 2.45) is 0 Å². The molecule has 5 nitrogen and oxygen atoms in total. The molecule has 3 amide bonds. The Morgan fingerprint density at radius 1 is 1.24 bits per heavy atom. The van der Waals surface area contributed by atoms with E-state index < -0.39 is 0 Å². The molecule has 0 bridgehead atoms. The summed E-state index contributed by atoms with van der Waals surface area (Å²) in [5.41, 5.74) is 0. The monoisotopic (exact) mass is 241 g/mol. The van der Waals surface area contributed by atoms with Crippen molar-refractivity contribution in [2.75, 3.05) is 20.1 Å². The molecule has 5 heteroatoms. The maximum absolute atomic E-state index is 11.9. The number of hydrogen-bond donors (Lipinski definition) is 2. The van der Waals surface area contributed by atoms with Crippen molar-refractivity contribution in [1.29, 1.82) is 0 Å². The highest BCUT2D eigenvalue weighted by molar-refractivity contribution is 5.83. The van der Waals surface area contributed by atoms with Gasteiger partial charge < -0.3 is 15.5 Å². The molecular formula is C12H23N3O2. The van der Waals surface area contributed by atoms with Gasteiger partial charge in [0.2, 0.25) is 5.91 Å². The standard InChI is InChI=1S/C12H23N3O2/c1-3-15(9-11(16)13-2)12(17)14-10-7-5-4-6-8-10/h10H,3-9H2,1-2H3,(H,13,16)(H,14,17). The number of likely N-dealkylation sites (N-methyl/N-ethyl adjacent to an activating group) is 2. The highest BCUT2D eigenvalue weighted by atomic mass is 16.2. The molecule has 0 spiro atoms. The largest absolute Gasteiger partial charge is 0.358 e. The average Bonchev–Trinajstić information content (AvgIpc) is 2.36. The predicted molar refractivity (Wildman–Crippen MR) is 66.7 cm³/mol. The number of amides is 3. The lowest BCUT2D eigenvalue weighted by Crippen LogP contribution is -2.48. The van der Waals surface area contributed by atoms with Crippen LogP contribution in [-0.2, 0) is 4.79 Å². The fourth-order valence-electron chi connectivity index (χ4n) is 2.09. The van der Waals surface area contributed by atoms with Crippen LogP contribution in [0.1, 0.15) is 39.0 Å². The molecule has 1 aliphatic carbocycles. The second kappa shape index (κ2) is 7.14. The van der Waals surface area contributed by atoms with Crippen molar-refractivity contribution in [3.8, 4) is 0 Å². The second-order valence-electron chi connectivity index (χ2n) is 4.47. The first-order chi connectivity index (χ1) is 8.17. The Hall–Kier alpha value is -1.26. The van der Waals surface area contributed by atoms with Crippen LogP contribution < -0.4 is 10.6 Å². The first-order valence-corrected chi connectivity index (χ1v) is 6.43. The van der Waals surface area contributed by atoms with Crippen molar-refractivity contribution >= 4 is 11.9 Å². The minimum Gasteiger partial charge on any atom is -0.358 e. The minimum atomic E-state index is -0.134. The SMILES string of the molecule is CCN(CC(=O)NC)C(=O)NC1CCCCC1. The van der Waals surface area contributed by atoms with Gasteiger partial charge in [-0.2, -0.15) is 0 Å². The molecule has 0 heterocycles. The Morgan fingerprint density at radius 2 is 1.88 bits per heavy atom. The third-order valence-corrected chi connectivity index (χ3v) is 3.22. The maximum atomic E-state index is 11.9. The summed E-state index contributed by atoms with van der Waals surface area (Å²) < 4.78 is 0. The molecule has 2 N–H and O–H groups in total. The summed E-state index contributed by atoms with van der Waals surface area (Å²) in [6.07, 6.45) is 5.76. The predicted octanol–water partition coefficient (Wildman–Crippen LogP) is 1.10. The molecular weight excluding hydrogens is 218 g/mol. The van der Waals surface area contributed by atoms with E-state index in [1.165, 1.54) is 24.2 Å². The second-order valence-corrected chi connectivity index (χ2v) is 4.47. The van der Waals surface area contributed by atoms with Gasteiger partial charge in [-0.15, -0.1) is 0 Å². The summed E-state index contributed by atoms with van der Waals surface area (Å²) in [6, 6.07) is 0.165. The van der Waals surface area contributed by atoms with Crippen LogP contribution in [0.2, 0.25) is 0 Å². The molecule has 0 unspecified atom stereocenters. The van der Waals surface area contributed by atoms with E-state index in [0.717, 1.165) is 12.8 Å². The van der Waals surface area contributed by atoms with Gasteiger partial charge in [-0.3, -0.25) is 4.79 Å². The van der Waals surface area contributed by atoms with Crippen molar-refractivity contribution in [1.82, 2.24) is 15.5 Å². The van der Waals surface area contributed by atoms with Gasteiger partial charge in [-0.05, 0) is 19.8 Å². The van der Waals surface area contributed by atoms with Gasteiger partial charge in [0, 0.05) is 19.6 Å². The lowest BCUT2D eigenvalue weighted by atomic mass is 9.96. The number of nitrogens with zero attached hydrogens (tertiary/aromatic N) is 1. The summed E-state index contributed by atoms with van der Waals surface area (Å²) in [6.45, 7) is 2.56. The molecule has 17 heavy (non-hydrogen) atoms. The summed E-state index contributed by atoms with van der Waals surface area (Å²) in [5, 5.41) is 5.53. The summed E-state index contributed by atoms with van der Waals surface area (Å²) in [7, 11) is 1.58. The molecule has 1 saturated carbocycles. The lowest BCUT2D eigenvalue weighted by Gasteiger charge is -2.27. The highest BCUT2D eigenvalue weighted by Gasteiger charge is 2.20. The van der Waals surface area contributed by atoms with Gasteiger partial charge in [0.25, 0.3) is 0 Å². The molecule has 0 saturated heterocycles. The number of carbonyl (C=O) groups excluding carboxylic acids is 2. The van der Waals surface area contributed by atoms with Gasteiger partial charge in [-0.25, -0.2) is 4.79 Å². The maximum Gasteiger partial charge on any atom is 0.318 e. The molecule has 0 radical (unpaired) electrons. The van der Waals surface area contributed by atoms with Crippen LogP contribution in [0.15, 0.2) is 0 Å². The Labute approximate surface area is 103 Å². The fourth-order valence-corrected chi connectivity index (χ4v) is 2.09. The molecule has 0 atom stereocenters. The van der Waals surface area contributed by atoms with E-state index in [1.807, 2.05) is 6.92 Å². The molecule has 0 aromatic carbocycles. The third kappa shape index (κ3) is 4.63. The van der Waals surface area contributed by atoms with Crippen LogP contribution in [0.3, 0.4) is 0 Å². The van der Waals surface area contributed by atoms with E-state index in [1.54, 1.807) is 7.05 Å².